The van der Waals surface area contributed by atoms with E-state index in [9.17, 15) is 13.2 Å². The van der Waals surface area contributed by atoms with E-state index in [4.69, 9.17) is 0 Å². The van der Waals surface area contributed by atoms with Gasteiger partial charge in [-0.3, -0.25) is 4.79 Å². The Hall–Kier alpha value is -3.49. The standard InChI is InChI=1S/C27H28N4O3S/c1-18-8-6-12-23(19(18)2)30-27(32)21-11-7-15-31(17-21)35(33,34)22-13-14-24-25(16-22)29-26(28-24)20-9-4-3-5-10-20/h3-6,8-10,12-14,16,21H,7,11,15,17H2,1-2H3,(H,28,29)(H,30,32)/t21-/m1/s1. The number of imidazole rings is 1. The van der Waals surface area contributed by atoms with E-state index >= 15 is 0 Å². The molecule has 1 aromatic heterocycles. The number of aromatic amines is 1. The molecule has 2 heterocycles. The van der Waals surface area contributed by atoms with Crippen molar-refractivity contribution in [1.82, 2.24) is 14.3 Å². The number of amides is 1. The molecular weight excluding hydrogens is 460 g/mol. The van der Waals surface area contributed by atoms with E-state index in [0.717, 1.165) is 22.4 Å². The number of fused-ring (bicyclic) bond motifs is 1. The average molecular weight is 489 g/mol. The van der Waals surface area contributed by atoms with Gasteiger partial charge in [0.1, 0.15) is 5.82 Å². The predicted molar refractivity (Wildman–Crippen MR) is 138 cm³/mol. The fraction of sp³-hybridized carbons (Fsp3) is 0.259. The summed E-state index contributed by atoms with van der Waals surface area (Å²) >= 11 is 0. The molecule has 0 unspecified atom stereocenters. The van der Waals surface area contributed by atoms with Crippen LogP contribution in [0, 0.1) is 19.8 Å². The lowest BCUT2D eigenvalue weighted by Gasteiger charge is -2.31. The smallest absolute Gasteiger partial charge is 0.243 e. The van der Waals surface area contributed by atoms with Crippen molar-refractivity contribution in [1.29, 1.82) is 0 Å². The number of H-pyrrole nitrogens is 1. The van der Waals surface area contributed by atoms with Gasteiger partial charge in [-0.25, -0.2) is 13.4 Å². The van der Waals surface area contributed by atoms with Crippen LogP contribution in [0.25, 0.3) is 22.4 Å². The molecule has 180 valence electrons. The zero-order chi connectivity index (χ0) is 24.6. The number of sulfonamides is 1. The maximum Gasteiger partial charge on any atom is 0.243 e. The van der Waals surface area contributed by atoms with E-state index in [1.54, 1.807) is 18.2 Å². The van der Waals surface area contributed by atoms with Crippen molar-refractivity contribution in [2.45, 2.75) is 31.6 Å². The van der Waals surface area contributed by atoms with Crippen molar-refractivity contribution < 1.29 is 13.2 Å². The van der Waals surface area contributed by atoms with Crippen LogP contribution >= 0.6 is 0 Å². The molecule has 4 aromatic rings. The lowest BCUT2D eigenvalue weighted by Crippen LogP contribution is -2.43. The molecule has 0 radical (unpaired) electrons. The summed E-state index contributed by atoms with van der Waals surface area (Å²) in [7, 11) is -3.76. The number of hydrogen-bond acceptors (Lipinski definition) is 4. The quantitative estimate of drug-likeness (QED) is 0.418. The lowest BCUT2D eigenvalue weighted by molar-refractivity contribution is -0.120. The van der Waals surface area contributed by atoms with Gasteiger partial charge in [-0.1, -0.05) is 42.5 Å². The highest BCUT2D eigenvalue weighted by molar-refractivity contribution is 7.89. The Bertz CT molecular complexity index is 1500. The number of piperidine rings is 1. The predicted octanol–water partition coefficient (Wildman–Crippen LogP) is 4.89. The van der Waals surface area contributed by atoms with Gasteiger partial charge in [-0.15, -0.1) is 0 Å². The second kappa shape index (κ2) is 9.28. The second-order valence-corrected chi connectivity index (χ2v) is 11.0. The normalized spacial score (nSPS) is 16.9. The Morgan fingerprint density at radius 1 is 1.06 bits per heavy atom. The molecule has 1 fully saturated rings. The highest BCUT2D eigenvalue weighted by atomic mass is 32.2. The largest absolute Gasteiger partial charge is 0.338 e. The molecular formula is C27H28N4O3S. The number of hydrogen-bond donors (Lipinski definition) is 2. The monoisotopic (exact) mass is 488 g/mol. The first-order chi connectivity index (χ1) is 16.8. The maximum absolute atomic E-state index is 13.5. The van der Waals surface area contributed by atoms with Crippen LogP contribution in [0.2, 0.25) is 0 Å². The number of aryl methyl sites for hydroxylation is 1. The number of benzene rings is 3. The highest BCUT2D eigenvalue weighted by Gasteiger charge is 2.33. The fourth-order valence-electron chi connectivity index (χ4n) is 4.53. The summed E-state index contributed by atoms with van der Waals surface area (Å²) in [6.07, 6.45) is 1.29. The molecule has 1 aliphatic heterocycles. The third-order valence-electron chi connectivity index (χ3n) is 6.76. The van der Waals surface area contributed by atoms with Crippen LogP contribution in [0.4, 0.5) is 5.69 Å². The fourth-order valence-corrected chi connectivity index (χ4v) is 6.08. The van der Waals surface area contributed by atoms with Crippen molar-refractivity contribution >= 4 is 32.7 Å². The second-order valence-electron chi connectivity index (χ2n) is 9.07. The van der Waals surface area contributed by atoms with Gasteiger partial charge in [0, 0.05) is 24.3 Å². The zero-order valence-electron chi connectivity index (χ0n) is 19.8. The summed E-state index contributed by atoms with van der Waals surface area (Å²) < 4.78 is 28.4. The number of nitrogens with zero attached hydrogens (tertiary/aromatic N) is 2. The number of carbonyl (C=O) groups is 1. The van der Waals surface area contributed by atoms with Crippen LogP contribution in [-0.4, -0.2) is 41.7 Å². The van der Waals surface area contributed by atoms with Crippen LogP contribution in [-0.2, 0) is 14.8 Å². The van der Waals surface area contributed by atoms with E-state index < -0.39 is 15.9 Å². The molecule has 7 nitrogen and oxygen atoms in total. The molecule has 2 N–H and O–H groups in total. The van der Waals surface area contributed by atoms with Crippen LogP contribution in [0.15, 0.2) is 71.6 Å². The lowest BCUT2D eigenvalue weighted by atomic mass is 9.98. The van der Waals surface area contributed by atoms with Gasteiger partial charge >= 0.3 is 0 Å². The van der Waals surface area contributed by atoms with Crippen LogP contribution in [0.1, 0.15) is 24.0 Å². The van der Waals surface area contributed by atoms with Crippen molar-refractivity contribution in [2.75, 3.05) is 18.4 Å². The Labute approximate surface area is 205 Å². The summed E-state index contributed by atoms with van der Waals surface area (Å²) in [5, 5.41) is 3.00. The number of anilines is 1. The van der Waals surface area contributed by atoms with Gasteiger partial charge in [-0.2, -0.15) is 4.31 Å². The van der Waals surface area contributed by atoms with Gasteiger partial charge in [-0.05, 0) is 62.1 Å². The Morgan fingerprint density at radius 3 is 2.66 bits per heavy atom. The summed E-state index contributed by atoms with van der Waals surface area (Å²) in [6, 6.07) is 20.4. The minimum Gasteiger partial charge on any atom is -0.338 e. The zero-order valence-corrected chi connectivity index (χ0v) is 20.6. The Morgan fingerprint density at radius 2 is 1.86 bits per heavy atom. The maximum atomic E-state index is 13.5. The molecule has 0 bridgehead atoms. The summed E-state index contributed by atoms with van der Waals surface area (Å²) in [5.74, 6) is 0.144. The molecule has 8 heteroatoms. The van der Waals surface area contributed by atoms with Crippen molar-refractivity contribution in [2.24, 2.45) is 5.92 Å². The van der Waals surface area contributed by atoms with Crippen molar-refractivity contribution in [3.63, 3.8) is 0 Å². The summed E-state index contributed by atoms with van der Waals surface area (Å²) in [5.41, 5.74) is 5.18. The summed E-state index contributed by atoms with van der Waals surface area (Å²) in [4.78, 5) is 21.0. The molecule has 5 rings (SSSR count). The molecule has 0 spiro atoms. The van der Waals surface area contributed by atoms with Crippen molar-refractivity contribution in [3.8, 4) is 11.4 Å². The van der Waals surface area contributed by atoms with Crippen LogP contribution in [0.3, 0.4) is 0 Å². The first kappa shape index (κ1) is 23.3. The Balaban J connectivity index is 1.36. The van der Waals surface area contributed by atoms with E-state index in [-0.39, 0.29) is 17.3 Å². The molecule has 0 saturated carbocycles. The first-order valence-electron chi connectivity index (χ1n) is 11.8. The topological polar surface area (TPSA) is 95.2 Å². The molecule has 3 aromatic carbocycles. The van der Waals surface area contributed by atoms with Gasteiger partial charge in [0.25, 0.3) is 0 Å². The van der Waals surface area contributed by atoms with E-state index in [1.807, 2.05) is 62.4 Å². The third-order valence-corrected chi connectivity index (χ3v) is 8.62. The molecule has 1 aliphatic rings. The number of nitrogens with one attached hydrogen (secondary N) is 2. The van der Waals surface area contributed by atoms with E-state index in [2.05, 4.69) is 15.3 Å². The molecule has 0 aliphatic carbocycles. The minimum atomic E-state index is -3.76. The minimum absolute atomic E-state index is 0.143. The first-order valence-corrected chi connectivity index (χ1v) is 13.2. The number of aromatic nitrogens is 2. The molecule has 1 amide bonds. The van der Waals surface area contributed by atoms with E-state index in [0.29, 0.717) is 36.2 Å². The Kier molecular flexibility index (Phi) is 6.17. The van der Waals surface area contributed by atoms with Crippen LogP contribution in [0.5, 0.6) is 0 Å². The van der Waals surface area contributed by atoms with Crippen molar-refractivity contribution in [3.05, 3.63) is 77.9 Å². The molecule has 1 atom stereocenters. The van der Waals surface area contributed by atoms with Gasteiger partial charge in [0.2, 0.25) is 15.9 Å². The average Bonchev–Trinajstić information content (AvgIpc) is 3.31. The third kappa shape index (κ3) is 4.59. The van der Waals surface area contributed by atoms with E-state index in [1.165, 1.54) is 4.31 Å². The van der Waals surface area contributed by atoms with Crippen LogP contribution < -0.4 is 5.32 Å². The molecule has 1 saturated heterocycles. The number of carbonyl (C=O) groups excluding carboxylic acids is 1. The highest BCUT2D eigenvalue weighted by Crippen LogP contribution is 2.28. The summed E-state index contributed by atoms with van der Waals surface area (Å²) in [6.45, 7) is 4.53. The van der Waals surface area contributed by atoms with Gasteiger partial charge in [0.15, 0.2) is 0 Å². The SMILES string of the molecule is Cc1cccc(NC(=O)[C@@H]2CCCN(S(=O)(=O)c3ccc4nc(-c5ccccc5)[nH]c4c3)C2)c1C. The van der Waals surface area contributed by atoms with Gasteiger partial charge < -0.3 is 10.3 Å². The number of rotatable bonds is 5. The van der Waals surface area contributed by atoms with Gasteiger partial charge in [0.05, 0.1) is 21.8 Å². The molecule has 35 heavy (non-hydrogen) atoms.